The topological polar surface area (TPSA) is 285 Å². The molecule has 4 fully saturated rings. The molecule has 2 amide bonds. The van der Waals surface area contributed by atoms with Gasteiger partial charge in [0.1, 0.15) is 48.4 Å². The number of hydrogen-bond acceptors (Lipinski definition) is 17. The number of carboxylic acids is 1. The summed E-state index contributed by atoms with van der Waals surface area (Å²) in [4.78, 5) is 56.0. The molecule has 15 atom stereocenters. The molecule has 2 aliphatic heterocycles. The molecular weight excluding hydrogens is 849 g/mol. The van der Waals surface area contributed by atoms with Gasteiger partial charge in [0.25, 0.3) is 5.91 Å². The van der Waals surface area contributed by atoms with Gasteiger partial charge in [0.2, 0.25) is 11.8 Å². The molecule has 0 aromatic carbocycles. The van der Waals surface area contributed by atoms with Crippen molar-refractivity contribution in [3.8, 4) is 18.2 Å². The van der Waals surface area contributed by atoms with Gasteiger partial charge in [0.15, 0.2) is 19.2 Å². The van der Waals surface area contributed by atoms with E-state index >= 15 is 0 Å². The Morgan fingerprint density at radius 3 is 2.34 bits per heavy atom. The normalized spacial score (nSPS) is 33.7. The van der Waals surface area contributed by atoms with Gasteiger partial charge in [-0.25, -0.2) is 4.98 Å². The number of terminal acetylenes is 1. The number of carbonyl (C=O) groups excluding carboxylic acids is 4. The standard InChI is InChI=1S/C44H65N3O16.Na/c1-5-17-58-33-15-14-27(21-46-33)41(55)45-16-10-13-29(50)28-19-26(6-2)39(63-44-38(54)37(53)35(51)23(3)59-44)30(20-28)61-43-34(47-24(4)49)40(36(52)32(22-48)62-43)60-31(42(56)57)18-25-11-8-7-9-12-25;/h1,14-15,21,23,25-26,28,30-32,34-40,43-44,48,51-54H,6-13,16-20,22H2,2-4H3,(H,45,55)(H,47,49)(H,56,57);/q;+1/p-1/t23?,26?,28?,30-,31+,32+,34?,35-,36+,37+,38?,39-,40?,43-,44+;/m1./s1. The second kappa shape index (κ2) is 25.9. The van der Waals surface area contributed by atoms with Crippen LogP contribution in [-0.2, 0) is 38.1 Å². The van der Waals surface area contributed by atoms with Crippen molar-refractivity contribution < 1.29 is 108 Å². The molecule has 1 aromatic rings. The van der Waals surface area contributed by atoms with Gasteiger partial charge in [-0.3, -0.25) is 14.4 Å². The van der Waals surface area contributed by atoms with Crippen LogP contribution in [0.4, 0.5) is 0 Å². The predicted molar refractivity (Wildman–Crippen MR) is 218 cm³/mol. The van der Waals surface area contributed by atoms with Gasteiger partial charge < -0.3 is 74.5 Å². The van der Waals surface area contributed by atoms with E-state index in [0.29, 0.717) is 19.3 Å². The molecule has 20 heteroatoms. The van der Waals surface area contributed by atoms with E-state index in [9.17, 15) is 49.8 Å². The minimum atomic E-state index is -1.67. The number of aliphatic hydroxyl groups excluding tert-OH is 5. The van der Waals surface area contributed by atoms with Crippen LogP contribution < -0.4 is 50.0 Å². The molecule has 7 N–H and O–H groups in total. The van der Waals surface area contributed by atoms with Gasteiger partial charge in [0.05, 0.1) is 42.6 Å². The molecule has 64 heavy (non-hydrogen) atoms. The molecule has 2 aliphatic carbocycles. The van der Waals surface area contributed by atoms with Crippen LogP contribution in [0.5, 0.6) is 5.88 Å². The zero-order valence-corrected chi connectivity index (χ0v) is 39.1. The van der Waals surface area contributed by atoms with Gasteiger partial charge in [-0.15, -0.1) is 6.42 Å². The summed E-state index contributed by atoms with van der Waals surface area (Å²) >= 11 is 0. The molecule has 1 aromatic heterocycles. The number of Topliss-reactive ketones (excluding diaryl/α,β-unsaturated/α-hetero) is 1. The summed E-state index contributed by atoms with van der Waals surface area (Å²) < 4.78 is 36.3. The molecule has 0 bridgehead atoms. The fourth-order valence-corrected chi connectivity index (χ4v) is 9.10. The van der Waals surface area contributed by atoms with Gasteiger partial charge in [-0.1, -0.05) is 51.4 Å². The van der Waals surface area contributed by atoms with Crippen molar-refractivity contribution in [3.63, 3.8) is 0 Å². The van der Waals surface area contributed by atoms with Gasteiger partial charge >= 0.3 is 29.6 Å². The number of ketones is 1. The monoisotopic (exact) mass is 913 g/mol. The number of nitrogens with one attached hydrogen (secondary N) is 2. The molecule has 4 aliphatic rings. The van der Waals surface area contributed by atoms with E-state index in [1.54, 1.807) is 0 Å². The van der Waals surface area contributed by atoms with Crippen LogP contribution in [0.2, 0.25) is 0 Å². The van der Waals surface area contributed by atoms with Crippen LogP contribution >= 0.6 is 0 Å². The fraction of sp³-hybridized carbons (Fsp3) is 0.750. The largest absolute Gasteiger partial charge is 1.00 e. The minimum absolute atomic E-state index is 0. The van der Waals surface area contributed by atoms with Crippen LogP contribution in [0.1, 0.15) is 102 Å². The average Bonchev–Trinajstić information content (AvgIpc) is 3.27. The number of carboxylic acid groups (broad SMARTS) is 1. The fourth-order valence-electron chi connectivity index (χ4n) is 9.10. The average molecular weight is 914 g/mol. The maximum absolute atomic E-state index is 14.0. The number of nitrogens with zero attached hydrogens (tertiary/aromatic N) is 1. The summed E-state index contributed by atoms with van der Waals surface area (Å²) in [6.45, 7) is 4.05. The van der Waals surface area contributed by atoms with E-state index in [-0.39, 0.29) is 85.1 Å². The molecule has 352 valence electrons. The van der Waals surface area contributed by atoms with E-state index in [1.807, 2.05) is 6.92 Å². The summed E-state index contributed by atoms with van der Waals surface area (Å²) in [5.41, 5.74) is 0.285. The van der Waals surface area contributed by atoms with Crippen LogP contribution in [0.25, 0.3) is 0 Å². The molecule has 6 unspecified atom stereocenters. The number of hydrogen-bond donors (Lipinski definition) is 7. The van der Waals surface area contributed by atoms with E-state index in [4.69, 9.17) is 34.8 Å². The zero-order valence-electron chi connectivity index (χ0n) is 37.1. The van der Waals surface area contributed by atoms with Crippen molar-refractivity contribution in [2.45, 2.75) is 171 Å². The predicted octanol–water partition coefficient (Wildman–Crippen LogP) is -3.73. The van der Waals surface area contributed by atoms with E-state index < -0.39 is 116 Å². The second-order valence-corrected chi connectivity index (χ2v) is 17.1. The van der Waals surface area contributed by atoms with Crippen molar-refractivity contribution >= 4 is 23.6 Å². The first kappa shape index (κ1) is 53.8. The number of rotatable bonds is 20. The molecule has 0 radical (unpaired) electrons. The molecule has 3 heterocycles. The van der Waals surface area contributed by atoms with Gasteiger partial charge in [0, 0.05) is 38.1 Å². The van der Waals surface area contributed by atoms with Crippen molar-refractivity contribution in [1.29, 1.82) is 0 Å². The van der Waals surface area contributed by atoms with Gasteiger partial charge in [-0.2, -0.15) is 0 Å². The third-order valence-electron chi connectivity index (χ3n) is 12.6. The Labute approximate surface area is 395 Å². The molecule has 0 spiro atoms. The quantitative estimate of drug-likeness (QED) is 0.0376. The van der Waals surface area contributed by atoms with Gasteiger partial charge in [-0.05, 0) is 50.5 Å². The van der Waals surface area contributed by atoms with E-state index in [2.05, 4.69) is 21.5 Å². The third-order valence-corrected chi connectivity index (χ3v) is 12.6. The Balaban J connectivity index is 0.00000898. The summed E-state index contributed by atoms with van der Waals surface area (Å²) in [7, 11) is 0. The third kappa shape index (κ3) is 14.3. The number of pyridine rings is 1. The molecule has 2 saturated carbocycles. The Kier molecular flexibility index (Phi) is 21.8. The minimum Gasteiger partial charge on any atom is -0.547 e. The molecular formula is C44H64N3NaO16. The van der Waals surface area contributed by atoms with Crippen LogP contribution in [0.15, 0.2) is 18.3 Å². The summed E-state index contributed by atoms with van der Waals surface area (Å²) in [5, 5.41) is 71.7. The van der Waals surface area contributed by atoms with Crippen molar-refractivity contribution in [3.05, 3.63) is 23.9 Å². The number of aromatic nitrogens is 1. The Hall–Kier alpha value is -2.81. The van der Waals surface area contributed by atoms with Crippen LogP contribution in [0.3, 0.4) is 0 Å². The second-order valence-electron chi connectivity index (χ2n) is 17.1. The smallest absolute Gasteiger partial charge is 0.547 e. The summed E-state index contributed by atoms with van der Waals surface area (Å²) in [6.07, 6.45) is -4.21. The Morgan fingerprint density at radius 2 is 1.72 bits per heavy atom. The first-order chi connectivity index (χ1) is 30.1. The SMILES string of the molecule is C#CCOc1ccc(C(=O)NCCCC(=O)C2CC(CC)[C@@H](O[C@@H]3OC(C)[C@@H](O)[C@H](O)C3O)[C@H](O[C@@H]3O[C@@H](CO)[C@H](O)C(O[C@@H](CC4CCCCC4)C(=O)[O-])C3NC(C)=O)C2)cn1.[Na+]. The summed E-state index contributed by atoms with van der Waals surface area (Å²) in [6, 6.07) is 1.71. The Morgan fingerprint density at radius 1 is 0.984 bits per heavy atom. The number of carbonyl (C=O) groups is 4. The first-order valence-corrected chi connectivity index (χ1v) is 22.1. The number of amides is 2. The van der Waals surface area contributed by atoms with Crippen LogP contribution in [-0.4, -0.2) is 154 Å². The van der Waals surface area contributed by atoms with Crippen LogP contribution in [0, 0.1) is 30.1 Å². The van der Waals surface area contributed by atoms with Crippen molar-refractivity contribution in [2.24, 2.45) is 17.8 Å². The summed E-state index contributed by atoms with van der Waals surface area (Å²) in [5.74, 6) is -1.05. The van der Waals surface area contributed by atoms with E-state index in [1.165, 1.54) is 32.2 Å². The number of aliphatic carboxylic acids is 1. The maximum atomic E-state index is 14.0. The number of aliphatic hydroxyl groups is 5. The molecule has 2 saturated heterocycles. The first-order valence-electron chi connectivity index (χ1n) is 22.1. The van der Waals surface area contributed by atoms with Crippen molar-refractivity contribution in [1.82, 2.24) is 15.6 Å². The zero-order chi connectivity index (χ0) is 45.8. The molecule has 5 rings (SSSR count). The molecule has 19 nitrogen and oxygen atoms in total. The number of ether oxygens (including phenoxy) is 6. The maximum Gasteiger partial charge on any atom is 1.00 e. The van der Waals surface area contributed by atoms with Crippen molar-refractivity contribution in [2.75, 3.05) is 19.8 Å². The Bertz CT molecular complexity index is 1700. The van der Waals surface area contributed by atoms with E-state index in [0.717, 1.165) is 32.1 Å².